The Morgan fingerprint density at radius 3 is 2.74 bits per heavy atom. The summed E-state index contributed by atoms with van der Waals surface area (Å²) in [6, 6.07) is 6.27. The molecule has 0 aliphatic carbocycles. The van der Waals surface area contributed by atoms with Crippen molar-refractivity contribution >= 4 is 11.9 Å². The van der Waals surface area contributed by atoms with E-state index in [0.717, 1.165) is 0 Å². The van der Waals surface area contributed by atoms with E-state index in [-0.39, 0.29) is 12.4 Å². The Morgan fingerprint density at radius 1 is 1.37 bits per heavy atom. The van der Waals surface area contributed by atoms with Gasteiger partial charge in [0.2, 0.25) is 0 Å². The number of hydrogen-bond donors (Lipinski definition) is 1. The molecule has 0 saturated heterocycles. The Labute approximate surface area is 111 Å². The number of nitrogens with one attached hydrogen (secondary N) is 1. The van der Waals surface area contributed by atoms with Gasteiger partial charge < -0.3 is 14.8 Å². The highest BCUT2D eigenvalue weighted by molar-refractivity contribution is 6.04. The van der Waals surface area contributed by atoms with Crippen LogP contribution in [0.15, 0.2) is 24.3 Å². The lowest BCUT2D eigenvalue weighted by Crippen LogP contribution is -2.48. The number of benzene rings is 1. The van der Waals surface area contributed by atoms with E-state index in [4.69, 9.17) is 9.47 Å². The minimum atomic E-state index is -0.704. The lowest BCUT2D eigenvalue weighted by Gasteiger charge is -2.26. The van der Waals surface area contributed by atoms with E-state index in [0.29, 0.717) is 11.3 Å². The molecule has 19 heavy (non-hydrogen) atoms. The number of Topliss-reactive ketones (excluding diaryl/α,β-unsaturated/α-hetero) is 1. The van der Waals surface area contributed by atoms with Gasteiger partial charge in [-0.1, -0.05) is 12.1 Å². The van der Waals surface area contributed by atoms with Crippen LogP contribution in [0.25, 0.3) is 0 Å². The number of amides is 1. The summed E-state index contributed by atoms with van der Waals surface area (Å²) in [4.78, 5) is 23.8. The zero-order valence-electron chi connectivity index (χ0n) is 11.2. The van der Waals surface area contributed by atoms with Crippen LogP contribution in [0.2, 0.25) is 0 Å². The monoisotopic (exact) mass is 263 g/mol. The first-order chi connectivity index (χ1) is 8.87. The molecule has 1 aliphatic heterocycles. The normalized spacial score (nSPS) is 18.3. The van der Waals surface area contributed by atoms with Gasteiger partial charge in [0.25, 0.3) is 0 Å². The summed E-state index contributed by atoms with van der Waals surface area (Å²) in [5.74, 6) is 0.391. The van der Waals surface area contributed by atoms with Gasteiger partial charge in [-0.25, -0.2) is 4.79 Å². The second-order valence-electron chi connectivity index (χ2n) is 5.37. The molecule has 1 aromatic carbocycles. The van der Waals surface area contributed by atoms with Gasteiger partial charge in [0.15, 0.2) is 5.78 Å². The molecule has 5 nitrogen and oxygen atoms in total. The van der Waals surface area contributed by atoms with Gasteiger partial charge in [-0.15, -0.1) is 0 Å². The summed E-state index contributed by atoms with van der Waals surface area (Å²) in [5.41, 5.74) is -0.115. The molecule has 2 rings (SSSR count). The first-order valence-electron chi connectivity index (χ1n) is 6.12. The van der Waals surface area contributed by atoms with Gasteiger partial charge in [-0.05, 0) is 32.9 Å². The lowest BCUT2D eigenvalue weighted by molar-refractivity contribution is 0.0464. The molecule has 0 aromatic heterocycles. The van der Waals surface area contributed by atoms with E-state index in [1.165, 1.54) is 0 Å². The third-order valence-corrected chi connectivity index (χ3v) is 2.57. The van der Waals surface area contributed by atoms with Crippen molar-refractivity contribution in [3.8, 4) is 5.75 Å². The van der Waals surface area contributed by atoms with Gasteiger partial charge in [0.1, 0.15) is 24.0 Å². The minimum Gasteiger partial charge on any atom is -0.490 e. The summed E-state index contributed by atoms with van der Waals surface area (Å²) in [6.07, 6.45) is -0.617. The second-order valence-corrected chi connectivity index (χ2v) is 5.37. The number of ketones is 1. The van der Waals surface area contributed by atoms with Crippen LogP contribution in [0, 0.1) is 0 Å². The molecule has 1 heterocycles. The smallest absolute Gasteiger partial charge is 0.408 e. The summed E-state index contributed by atoms with van der Waals surface area (Å²) >= 11 is 0. The van der Waals surface area contributed by atoms with Crippen LogP contribution in [0.4, 0.5) is 4.79 Å². The fourth-order valence-corrected chi connectivity index (χ4v) is 1.79. The van der Waals surface area contributed by atoms with Crippen LogP contribution in [0.5, 0.6) is 5.75 Å². The third kappa shape index (κ3) is 3.24. The first kappa shape index (κ1) is 13.4. The topological polar surface area (TPSA) is 64.6 Å². The molecule has 0 unspecified atom stereocenters. The third-order valence-electron chi connectivity index (χ3n) is 2.57. The number of carbonyl (C=O) groups excluding carboxylic acids is 2. The van der Waals surface area contributed by atoms with Crippen molar-refractivity contribution < 1.29 is 19.1 Å². The molecule has 1 amide bonds. The summed E-state index contributed by atoms with van der Waals surface area (Å²) in [6.45, 7) is 5.41. The highest BCUT2D eigenvalue weighted by atomic mass is 16.6. The Kier molecular flexibility index (Phi) is 3.46. The van der Waals surface area contributed by atoms with E-state index >= 15 is 0 Å². The number of ether oxygens (including phenoxy) is 2. The molecule has 0 saturated carbocycles. The Hall–Kier alpha value is -2.04. The average molecular weight is 263 g/mol. The Balaban J connectivity index is 2.05. The predicted molar refractivity (Wildman–Crippen MR) is 69.4 cm³/mol. The molecule has 1 atom stereocenters. The maximum Gasteiger partial charge on any atom is 0.408 e. The maximum atomic E-state index is 12.2. The molecule has 1 aliphatic rings. The molecular formula is C14H17NO4. The molecule has 0 fully saturated rings. The number of hydrogen-bond acceptors (Lipinski definition) is 4. The Morgan fingerprint density at radius 2 is 2.05 bits per heavy atom. The van der Waals surface area contributed by atoms with Crippen LogP contribution in [0.3, 0.4) is 0 Å². The van der Waals surface area contributed by atoms with Crippen molar-refractivity contribution in [2.45, 2.75) is 32.4 Å². The maximum absolute atomic E-state index is 12.2. The van der Waals surface area contributed by atoms with Crippen LogP contribution >= 0.6 is 0 Å². The van der Waals surface area contributed by atoms with Crippen molar-refractivity contribution in [3.05, 3.63) is 29.8 Å². The summed E-state index contributed by atoms with van der Waals surface area (Å²) < 4.78 is 10.6. The molecule has 1 N–H and O–H groups in total. The van der Waals surface area contributed by atoms with E-state index in [2.05, 4.69) is 5.32 Å². The number of rotatable bonds is 1. The van der Waals surface area contributed by atoms with Gasteiger partial charge in [-0.3, -0.25) is 4.79 Å². The summed E-state index contributed by atoms with van der Waals surface area (Å²) in [7, 11) is 0. The van der Waals surface area contributed by atoms with Crippen molar-refractivity contribution in [1.29, 1.82) is 0 Å². The number of carbonyl (C=O) groups is 2. The number of fused-ring (bicyclic) bond motifs is 1. The largest absolute Gasteiger partial charge is 0.490 e. The summed E-state index contributed by atoms with van der Waals surface area (Å²) in [5, 5.41) is 2.53. The first-order valence-corrected chi connectivity index (χ1v) is 6.12. The zero-order valence-corrected chi connectivity index (χ0v) is 11.2. The standard InChI is InChI=1S/C14H17NO4/c1-14(2,3)19-13(17)15-10-8-18-11-7-5-4-6-9(11)12(10)16/h4-7,10H,8H2,1-3H3,(H,15,17)/t10-/m0/s1. The zero-order chi connectivity index (χ0) is 14.0. The fourth-order valence-electron chi connectivity index (χ4n) is 1.79. The van der Waals surface area contributed by atoms with Gasteiger partial charge in [0, 0.05) is 0 Å². The van der Waals surface area contributed by atoms with E-state index < -0.39 is 17.7 Å². The lowest BCUT2D eigenvalue weighted by atomic mass is 10.0. The molecule has 5 heteroatoms. The van der Waals surface area contributed by atoms with Gasteiger partial charge in [0.05, 0.1) is 5.56 Å². The molecule has 0 spiro atoms. The van der Waals surface area contributed by atoms with Gasteiger partial charge in [-0.2, -0.15) is 0 Å². The SMILES string of the molecule is CC(C)(C)OC(=O)N[C@H]1COc2ccccc2C1=O. The van der Waals surface area contributed by atoms with Crippen LogP contribution in [-0.4, -0.2) is 30.1 Å². The number of alkyl carbamates (subject to hydrolysis) is 1. The number of para-hydroxylation sites is 1. The molecule has 0 bridgehead atoms. The minimum absolute atomic E-state index is 0.120. The highest BCUT2D eigenvalue weighted by Crippen LogP contribution is 2.24. The quantitative estimate of drug-likeness (QED) is 0.843. The van der Waals surface area contributed by atoms with Gasteiger partial charge >= 0.3 is 6.09 Å². The van der Waals surface area contributed by atoms with Crippen molar-refractivity contribution in [2.24, 2.45) is 0 Å². The van der Waals surface area contributed by atoms with Crippen molar-refractivity contribution in [1.82, 2.24) is 5.32 Å². The fraction of sp³-hybridized carbons (Fsp3) is 0.429. The molecule has 0 radical (unpaired) electrons. The second kappa shape index (κ2) is 4.91. The van der Waals surface area contributed by atoms with E-state index in [1.54, 1.807) is 45.0 Å². The molecule has 1 aromatic rings. The van der Waals surface area contributed by atoms with E-state index in [1.807, 2.05) is 0 Å². The van der Waals surface area contributed by atoms with Crippen LogP contribution < -0.4 is 10.1 Å². The Bertz CT molecular complexity index is 504. The average Bonchev–Trinajstić information content (AvgIpc) is 2.31. The predicted octanol–water partition coefficient (Wildman–Crippen LogP) is 2.16. The van der Waals surface area contributed by atoms with Crippen molar-refractivity contribution in [3.63, 3.8) is 0 Å². The molecular weight excluding hydrogens is 246 g/mol. The molecule has 102 valence electrons. The van der Waals surface area contributed by atoms with Crippen LogP contribution in [0.1, 0.15) is 31.1 Å². The van der Waals surface area contributed by atoms with Crippen LogP contribution in [-0.2, 0) is 4.74 Å². The highest BCUT2D eigenvalue weighted by Gasteiger charge is 2.31. The van der Waals surface area contributed by atoms with Crippen molar-refractivity contribution in [2.75, 3.05) is 6.61 Å². The van der Waals surface area contributed by atoms with E-state index in [9.17, 15) is 9.59 Å².